The molecule has 1 amide bonds. The van der Waals surface area contributed by atoms with Crippen LogP contribution in [-0.4, -0.2) is 102 Å². The number of aromatic nitrogens is 7. The van der Waals surface area contributed by atoms with Gasteiger partial charge in [0.15, 0.2) is 11.3 Å². The highest BCUT2D eigenvalue weighted by atomic mass is 19.3. The number of benzene rings is 1. The summed E-state index contributed by atoms with van der Waals surface area (Å²) in [5, 5.41) is 11.3. The molecule has 16 heteroatoms. The third kappa shape index (κ3) is 7.12. The molecule has 0 unspecified atom stereocenters. The fourth-order valence-corrected chi connectivity index (χ4v) is 8.81. The van der Waals surface area contributed by atoms with E-state index >= 15 is 0 Å². The van der Waals surface area contributed by atoms with Crippen LogP contribution in [0.15, 0.2) is 47.7 Å². The van der Waals surface area contributed by atoms with E-state index in [1.54, 1.807) is 28.7 Å². The molecule has 5 aromatic rings. The molecule has 55 heavy (non-hydrogen) atoms. The van der Waals surface area contributed by atoms with Crippen molar-refractivity contribution < 1.29 is 23.0 Å². The van der Waals surface area contributed by atoms with Gasteiger partial charge in [0.05, 0.1) is 59.4 Å². The first-order valence-corrected chi connectivity index (χ1v) is 19.2. The van der Waals surface area contributed by atoms with Gasteiger partial charge >= 0.3 is 5.69 Å². The second-order valence-corrected chi connectivity index (χ2v) is 15.3. The van der Waals surface area contributed by atoms with Crippen molar-refractivity contribution in [1.29, 1.82) is 0 Å². The number of aromatic amines is 1. The molecule has 4 fully saturated rings. The molecule has 3 aliphatic heterocycles. The van der Waals surface area contributed by atoms with Crippen molar-refractivity contribution in [3.8, 4) is 11.8 Å². The number of ether oxygens (including phenoxy) is 2. The summed E-state index contributed by atoms with van der Waals surface area (Å²) in [7, 11) is 1.73. The summed E-state index contributed by atoms with van der Waals surface area (Å²) in [6.07, 6.45) is 8.68. The average Bonchev–Trinajstić information content (AvgIpc) is 4.04. The van der Waals surface area contributed by atoms with E-state index in [4.69, 9.17) is 14.5 Å². The average molecular weight is 755 g/mol. The van der Waals surface area contributed by atoms with Crippen LogP contribution in [-0.2, 0) is 16.5 Å². The number of anilines is 2. The number of imidazole rings is 1. The number of rotatable bonds is 9. The van der Waals surface area contributed by atoms with Crippen molar-refractivity contribution in [2.45, 2.75) is 75.7 Å². The van der Waals surface area contributed by atoms with Crippen LogP contribution in [0.4, 0.5) is 20.3 Å². The topological polar surface area (TPSA) is 140 Å². The van der Waals surface area contributed by atoms with Gasteiger partial charge < -0.3 is 29.6 Å². The van der Waals surface area contributed by atoms with E-state index in [0.29, 0.717) is 24.8 Å². The summed E-state index contributed by atoms with van der Waals surface area (Å²) >= 11 is 0. The lowest BCUT2D eigenvalue weighted by Gasteiger charge is -2.36. The van der Waals surface area contributed by atoms with Gasteiger partial charge in [-0.15, -0.1) is 0 Å². The number of aryl methyl sites for hydroxylation is 1. The third-order valence-electron chi connectivity index (χ3n) is 11.8. The maximum atomic E-state index is 14.2. The molecule has 1 aliphatic carbocycles. The number of carbonyl (C=O) groups is 1. The summed E-state index contributed by atoms with van der Waals surface area (Å²) in [6.45, 7) is 4.66. The monoisotopic (exact) mass is 754 g/mol. The summed E-state index contributed by atoms with van der Waals surface area (Å²) < 4.78 is 45.0. The molecule has 288 valence electrons. The van der Waals surface area contributed by atoms with Crippen LogP contribution < -0.4 is 15.9 Å². The highest BCUT2D eigenvalue weighted by Crippen LogP contribution is 2.36. The fraction of sp³-hybridized carbons (Fsp3) is 0.513. The van der Waals surface area contributed by atoms with E-state index in [1.807, 2.05) is 24.3 Å². The predicted molar refractivity (Wildman–Crippen MR) is 200 cm³/mol. The molecule has 2 atom stereocenters. The minimum atomic E-state index is -2.84. The molecule has 2 bridgehead atoms. The van der Waals surface area contributed by atoms with E-state index in [1.165, 1.54) is 10.7 Å². The van der Waals surface area contributed by atoms with Gasteiger partial charge in [0.25, 0.3) is 12.3 Å². The van der Waals surface area contributed by atoms with Crippen molar-refractivity contribution in [2.24, 2.45) is 13.0 Å². The number of hydrogen-bond acceptors (Lipinski definition) is 9. The van der Waals surface area contributed by atoms with Crippen LogP contribution in [0, 0.1) is 17.8 Å². The van der Waals surface area contributed by atoms with E-state index in [-0.39, 0.29) is 41.2 Å². The molecule has 0 radical (unpaired) electrons. The van der Waals surface area contributed by atoms with Gasteiger partial charge in [-0.25, -0.2) is 23.1 Å². The fourth-order valence-electron chi connectivity index (χ4n) is 8.81. The number of hydrogen-bond donors (Lipinski definition) is 2. The van der Waals surface area contributed by atoms with Crippen molar-refractivity contribution in [1.82, 2.24) is 38.8 Å². The normalized spacial score (nSPS) is 23.2. The number of alkyl halides is 2. The SMILES string of the molecule is Cn1c(=O)[nH]c2cccc(C#CCOC3CCN(CC4CCC(n5cc(NC(=O)c6cnn7ccc(N8C[C@H]9C[C@@H]8CO9)nc67)c(C(F)F)n5)CC4)CC3)c21. The Morgan fingerprint density at radius 3 is 2.73 bits per heavy atom. The van der Waals surface area contributed by atoms with Crippen LogP contribution in [0.3, 0.4) is 0 Å². The van der Waals surface area contributed by atoms with Gasteiger partial charge in [-0.1, -0.05) is 17.9 Å². The zero-order valence-corrected chi connectivity index (χ0v) is 30.7. The number of piperidine rings is 1. The smallest absolute Gasteiger partial charge is 0.326 e. The number of likely N-dealkylation sites (tertiary alicyclic amines) is 1. The number of carbonyl (C=O) groups excluding carboxylic acids is 1. The number of morpholine rings is 1. The third-order valence-corrected chi connectivity index (χ3v) is 11.8. The Morgan fingerprint density at radius 2 is 1.96 bits per heavy atom. The van der Waals surface area contributed by atoms with Crippen LogP contribution in [0.2, 0.25) is 0 Å². The minimum Gasteiger partial charge on any atom is -0.374 e. The summed E-state index contributed by atoms with van der Waals surface area (Å²) in [5.41, 5.74) is 2.35. The van der Waals surface area contributed by atoms with E-state index < -0.39 is 18.0 Å². The van der Waals surface area contributed by atoms with Crippen molar-refractivity contribution in [3.05, 3.63) is 70.2 Å². The number of H-pyrrole nitrogens is 1. The second-order valence-electron chi connectivity index (χ2n) is 15.3. The van der Waals surface area contributed by atoms with Gasteiger partial charge in [0.2, 0.25) is 0 Å². The van der Waals surface area contributed by atoms with Crippen LogP contribution in [0.25, 0.3) is 16.7 Å². The van der Waals surface area contributed by atoms with E-state index in [9.17, 15) is 18.4 Å². The number of amides is 1. The molecule has 4 aromatic heterocycles. The first kappa shape index (κ1) is 35.6. The van der Waals surface area contributed by atoms with Crippen molar-refractivity contribution in [3.63, 3.8) is 0 Å². The number of halogens is 2. The van der Waals surface area contributed by atoms with Crippen LogP contribution >= 0.6 is 0 Å². The molecule has 3 saturated heterocycles. The number of fused-ring (bicyclic) bond motifs is 4. The van der Waals surface area contributed by atoms with Gasteiger partial charge in [-0.2, -0.15) is 10.2 Å². The van der Waals surface area contributed by atoms with E-state index in [0.717, 1.165) is 93.5 Å². The summed E-state index contributed by atoms with van der Waals surface area (Å²) in [4.78, 5) is 37.8. The molecule has 4 aliphatic rings. The van der Waals surface area contributed by atoms with Crippen LogP contribution in [0.5, 0.6) is 0 Å². The zero-order chi connectivity index (χ0) is 37.6. The minimum absolute atomic E-state index is 0.00710. The number of para-hydroxylation sites is 1. The van der Waals surface area contributed by atoms with E-state index in [2.05, 4.69) is 42.1 Å². The Balaban J connectivity index is 0.759. The first-order chi connectivity index (χ1) is 26.8. The van der Waals surface area contributed by atoms with Gasteiger partial charge in [-0.3, -0.25) is 14.0 Å². The first-order valence-electron chi connectivity index (χ1n) is 19.2. The molecule has 1 saturated carbocycles. The Labute approximate surface area is 315 Å². The number of nitrogens with one attached hydrogen (secondary N) is 2. The largest absolute Gasteiger partial charge is 0.374 e. The van der Waals surface area contributed by atoms with Crippen molar-refractivity contribution >= 4 is 34.1 Å². The highest BCUT2D eigenvalue weighted by molar-refractivity contribution is 6.08. The molecule has 9 rings (SSSR count). The molecule has 14 nitrogen and oxygen atoms in total. The molecular weight excluding hydrogens is 710 g/mol. The predicted octanol–water partition coefficient (Wildman–Crippen LogP) is 4.54. The molecule has 7 heterocycles. The maximum Gasteiger partial charge on any atom is 0.326 e. The van der Waals surface area contributed by atoms with Crippen molar-refractivity contribution in [2.75, 3.05) is 49.6 Å². The maximum absolute atomic E-state index is 14.2. The molecular formula is C39H44F2N10O4. The Morgan fingerprint density at radius 1 is 1.13 bits per heavy atom. The zero-order valence-electron chi connectivity index (χ0n) is 30.7. The molecule has 0 spiro atoms. The lowest BCUT2D eigenvalue weighted by molar-refractivity contribution is 0.0187. The quantitative estimate of drug-likeness (QED) is 0.208. The molecule has 1 aromatic carbocycles. The lowest BCUT2D eigenvalue weighted by Crippen LogP contribution is -2.40. The lowest BCUT2D eigenvalue weighted by atomic mass is 9.85. The van der Waals surface area contributed by atoms with Gasteiger partial charge in [0.1, 0.15) is 18.0 Å². The number of nitrogens with zero attached hydrogens (tertiary/aromatic N) is 8. The second kappa shape index (κ2) is 14.9. The van der Waals surface area contributed by atoms with Gasteiger partial charge in [-0.05, 0) is 69.1 Å². The summed E-state index contributed by atoms with van der Waals surface area (Å²) in [6, 6.07) is 7.77. The van der Waals surface area contributed by atoms with Crippen LogP contribution in [0.1, 0.15) is 79.0 Å². The Bertz CT molecular complexity index is 2320. The summed E-state index contributed by atoms with van der Waals surface area (Å²) in [5.74, 6) is 6.99. The molecule has 2 N–H and O–H groups in total. The Hall–Kier alpha value is -5.11. The Kier molecular flexibility index (Phi) is 9.61. The standard InChI is InChI=1S/C39H44F2N10O4/c1-47-35-25(4-2-6-31(35)44-39(47)53)5-3-17-54-28-11-14-48(15-12-28)20-24-7-9-26(10-8-24)51-22-32(34(46-51)36(40)41)43-38(52)30-19-42-50-16-13-33(45-37(30)50)49-21-29-18-27(49)23-55-29/h2,4,6,13,16,19,22,24,26-29,36H,7-12,14-15,17-18,20-21,23H2,1H3,(H,43,52)(H,44,53)/t24?,26?,27-,29-/m1/s1. The van der Waals surface area contributed by atoms with Gasteiger partial charge in [0, 0.05) is 45.6 Å². The highest BCUT2D eigenvalue weighted by Gasteiger charge is 2.40.